The van der Waals surface area contributed by atoms with E-state index in [4.69, 9.17) is 0 Å². The second-order valence-corrected chi connectivity index (χ2v) is 6.22. The molecule has 0 unspecified atom stereocenters. The second-order valence-electron chi connectivity index (χ2n) is 6.22. The van der Waals surface area contributed by atoms with E-state index in [9.17, 15) is 14.4 Å². The number of carbonyl (C=O) groups excluding carboxylic acids is 3. The molecule has 23 heavy (non-hydrogen) atoms. The molecule has 1 rings (SSSR count). The highest BCUT2D eigenvalue weighted by Gasteiger charge is 2.36. The van der Waals surface area contributed by atoms with Crippen molar-refractivity contribution in [3.63, 3.8) is 0 Å². The molecule has 1 aromatic rings. The van der Waals surface area contributed by atoms with E-state index >= 15 is 0 Å². The molecular formula is C17H24N2O4. The molecule has 0 aromatic heterocycles. The molecule has 0 aliphatic heterocycles. The number of para-hydroxylation sites is 1. The number of benzene rings is 1. The Balaban J connectivity index is 2.90. The Morgan fingerprint density at radius 2 is 1.74 bits per heavy atom. The number of carbonyl (C=O) groups is 3. The summed E-state index contributed by atoms with van der Waals surface area (Å²) in [6.07, 6.45) is 0. The van der Waals surface area contributed by atoms with Crippen LogP contribution >= 0.6 is 0 Å². The summed E-state index contributed by atoms with van der Waals surface area (Å²) in [5, 5.41) is 5.38. The first-order valence-electron chi connectivity index (χ1n) is 7.47. The summed E-state index contributed by atoms with van der Waals surface area (Å²) in [7, 11) is 1.27. The lowest BCUT2D eigenvalue weighted by Crippen LogP contribution is -2.46. The quantitative estimate of drug-likeness (QED) is 0.622. The van der Waals surface area contributed by atoms with Gasteiger partial charge in [-0.05, 0) is 31.9 Å². The maximum absolute atomic E-state index is 12.5. The van der Waals surface area contributed by atoms with Crippen LogP contribution in [-0.2, 0) is 14.3 Å². The zero-order valence-corrected chi connectivity index (χ0v) is 14.2. The van der Waals surface area contributed by atoms with Gasteiger partial charge in [-0.2, -0.15) is 0 Å². The zero-order valence-electron chi connectivity index (χ0n) is 14.2. The van der Waals surface area contributed by atoms with Gasteiger partial charge in [0.25, 0.3) is 0 Å². The van der Waals surface area contributed by atoms with Gasteiger partial charge in [0.1, 0.15) is 5.41 Å². The van der Waals surface area contributed by atoms with Crippen molar-refractivity contribution in [2.24, 2.45) is 11.3 Å². The van der Waals surface area contributed by atoms with Gasteiger partial charge in [0.2, 0.25) is 11.8 Å². The molecule has 0 heterocycles. The summed E-state index contributed by atoms with van der Waals surface area (Å²) in [6.45, 7) is 7.52. The lowest BCUT2D eigenvalue weighted by atomic mass is 9.90. The number of esters is 1. The van der Waals surface area contributed by atoms with Gasteiger partial charge < -0.3 is 15.4 Å². The van der Waals surface area contributed by atoms with Gasteiger partial charge in [0, 0.05) is 6.54 Å². The maximum atomic E-state index is 12.5. The summed E-state index contributed by atoms with van der Waals surface area (Å²) in [4.78, 5) is 36.4. The fourth-order valence-electron chi connectivity index (χ4n) is 1.78. The monoisotopic (exact) mass is 320 g/mol. The third-order valence-corrected chi connectivity index (χ3v) is 3.39. The van der Waals surface area contributed by atoms with Gasteiger partial charge in [-0.25, -0.2) is 4.79 Å². The molecule has 0 saturated heterocycles. The Labute approximate surface area is 136 Å². The molecule has 0 aliphatic carbocycles. The molecule has 0 bridgehead atoms. The van der Waals surface area contributed by atoms with Gasteiger partial charge in [0.15, 0.2) is 0 Å². The number of hydrogen-bond donors (Lipinski definition) is 2. The SMILES string of the molecule is COC(=O)c1ccccc1NC(=O)C(C)(C)C(=O)NCC(C)C. The lowest BCUT2D eigenvalue weighted by molar-refractivity contribution is -0.138. The third-order valence-electron chi connectivity index (χ3n) is 3.39. The summed E-state index contributed by atoms with van der Waals surface area (Å²) >= 11 is 0. The predicted octanol–water partition coefficient (Wildman–Crippen LogP) is 2.21. The molecule has 0 fully saturated rings. The number of anilines is 1. The Morgan fingerprint density at radius 3 is 2.30 bits per heavy atom. The molecule has 0 atom stereocenters. The van der Waals surface area contributed by atoms with Crippen LogP contribution in [0.3, 0.4) is 0 Å². The largest absolute Gasteiger partial charge is 0.465 e. The highest BCUT2D eigenvalue weighted by molar-refractivity contribution is 6.11. The number of amides is 2. The van der Waals surface area contributed by atoms with Crippen LogP contribution < -0.4 is 10.6 Å². The standard InChI is InChI=1S/C17H24N2O4/c1-11(2)10-18-15(21)17(3,4)16(22)19-13-9-7-6-8-12(13)14(20)23-5/h6-9,11H,10H2,1-5H3,(H,18,21)(H,19,22). The first kappa shape index (κ1) is 18.7. The van der Waals surface area contributed by atoms with E-state index < -0.39 is 17.3 Å². The minimum Gasteiger partial charge on any atom is -0.465 e. The van der Waals surface area contributed by atoms with Crippen molar-refractivity contribution in [2.75, 3.05) is 19.0 Å². The fraction of sp³-hybridized carbons (Fsp3) is 0.471. The van der Waals surface area contributed by atoms with Crippen molar-refractivity contribution in [1.29, 1.82) is 0 Å². The predicted molar refractivity (Wildman–Crippen MR) is 88.0 cm³/mol. The van der Waals surface area contributed by atoms with Crippen LogP contribution in [0.1, 0.15) is 38.1 Å². The topological polar surface area (TPSA) is 84.5 Å². The number of nitrogens with one attached hydrogen (secondary N) is 2. The zero-order chi connectivity index (χ0) is 17.6. The van der Waals surface area contributed by atoms with Crippen LogP contribution in [0.25, 0.3) is 0 Å². The molecule has 0 saturated carbocycles. The normalized spacial score (nSPS) is 11.0. The van der Waals surface area contributed by atoms with Crippen LogP contribution in [0.4, 0.5) is 5.69 Å². The van der Waals surface area contributed by atoms with Crippen LogP contribution in [0.15, 0.2) is 24.3 Å². The fourth-order valence-corrected chi connectivity index (χ4v) is 1.78. The van der Waals surface area contributed by atoms with E-state index in [0.717, 1.165) is 0 Å². The van der Waals surface area contributed by atoms with Crippen LogP contribution in [-0.4, -0.2) is 31.4 Å². The molecule has 1 aromatic carbocycles. The summed E-state index contributed by atoms with van der Waals surface area (Å²) in [6, 6.07) is 6.50. The van der Waals surface area contributed by atoms with E-state index in [2.05, 4.69) is 15.4 Å². The number of hydrogen-bond acceptors (Lipinski definition) is 4. The van der Waals surface area contributed by atoms with Gasteiger partial charge in [-0.15, -0.1) is 0 Å². The van der Waals surface area contributed by atoms with Crippen molar-refractivity contribution in [1.82, 2.24) is 5.32 Å². The Hall–Kier alpha value is -2.37. The molecule has 126 valence electrons. The van der Waals surface area contributed by atoms with E-state index in [1.165, 1.54) is 7.11 Å². The van der Waals surface area contributed by atoms with Gasteiger partial charge in [0.05, 0.1) is 18.4 Å². The van der Waals surface area contributed by atoms with Crippen LogP contribution in [0.2, 0.25) is 0 Å². The van der Waals surface area contributed by atoms with E-state index in [-0.39, 0.29) is 17.4 Å². The Morgan fingerprint density at radius 1 is 1.13 bits per heavy atom. The van der Waals surface area contributed by atoms with Crippen molar-refractivity contribution < 1.29 is 19.1 Å². The summed E-state index contributed by atoms with van der Waals surface area (Å²) in [5.41, 5.74) is -0.714. The number of methoxy groups -OCH3 is 1. The summed E-state index contributed by atoms with van der Waals surface area (Å²) < 4.78 is 4.69. The molecule has 6 heteroatoms. The third kappa shape index (κ3) is 4.81. The average Bonchev–Trinajstić information content (AvgIpc) is 2.52. The minimum atomic E-state index is -1.27. The van der Waals surface area contributed by atoms with Crippen molar-refractivity contribution in [2.45, 2.75) is 27.7 Å². The van der Waals surface area contributed by atoms with Gasteiger partial charge in [-0.1, -0.05) is 26.0 Å². The molecule has 0 radical (unpaired) electrons. The highest BCUT2D eigenvalue weighted by atomic mass is 16.5. The number of ether oxygens (including phenoxy) is 1. The number of rotatable bonds is 6. The van der Waals surface area contributed by atoms with Crippen LogP contribution in [0, 0.1) is 11.3 Å². The van der Waals surface area contributed by atoms with E-state index in [0.29, 0.717) is 12.2 Å². The first-order chi connectivity index (χ1) is 10.7. The van der Waals surface area contributed by atoms with Crippen LogP contribution in [0.5, 0.6) is 0 Å². The Kier molecular flexibility index (Phi) is 6.30. The summed E-state index contributed by atoms with van der Waals surface area (Å²) in [5.74, 6) is -1.12. The smallest absolute Gasteiger partial charge is 0.339 e. The lowest BCUT2D eigenvalue weighted by Gasteiger charge is -2.23. The molecule has 2 amide bonds. The van der Waals surface area contributed by atoms with Crippen molar-refractivity contribution in [3.8, 4) is 0 Å². The minimum absolute atomic E-state index is 0.238. The molecule has 2 N–H and O–H groups in total. The molecule has 0 aliphatic rings. The first-order valence-corrected chi connectivity index (χ1v) is 7.47. The highest BCUT2D eigenvalue weighted by Crippen LogP contribution is 2.22. The second kappa shape index (κ2) is 7.76. The maximum Gasteiger partial charge on any atom is 0.339 e. The average molecular weight is 320 g/mol. The molecular weight excluding hydrogens is 296 g/mol. The van der Waals surface area contributed by atoms with E-state index in [1.54, 1.807) is 38.1 Å². The van der Waals surface area contributed by atoms with Crippen molar-refractivity contribution >= 4 is 23.5 Å². The van der Waals surface area contributed by atoms with Gasteiger partial charge >= 0.3 is 5.97 Å². The molecule has 6 nitrogen and oxygen atoms in total. The van der Waals surface area contributed by atoms with Gasteiger partial charge in [-0.3, -0.25) is 9.59 Å². The molecule has 0 spiro atoms. The van der Waals surface area contributed by atoms with E-state index in [1.807, 2.05) is 13.8 Å². The Bertz CT molecular complexity index is 594. The van der Waals surface area contributed by atoms with Crippen molar-refractivity contribution in [3.05, 3.63) is 29.8 Å².